The second kappa shape index (κ2) is 9.48. The van der Waals surface area contributed by atoms with E-state index in [-0.39, 0.29) is 12.6 Å². The fourth-order valence-electron chi connectivity index (χ4n) is 2.42. The van der Waals surface area contributed by atoms with Gasteiger partial charge in [-0.3, -0.25) is 0 Å². The van der Waals surface area contributed by atoms with Crippen molar-refractivity contribution in [1.82, 2.24) is 10.2 Å². The second-order valence-corrected chi connectivity index (χ2v) is 7.06. The third-order valence-corrected chi connectivity index (χ3v) is 4.00. The molecule has 2 aromatic rings. The minimum absolute atomic E-state index is 0.214. The highest BCUT2D eigenvalue weighted by molar-refractivity contribution is 5.73. The standard InChI is InChI=1S/C21H25F3N2O2/c1-15(2)14-28-19-10-6-16(7-11-19)12-25-20(27)26(3)13-17-4-8-18(9-5-17)21(22,23)24/h4-11,15H,12-14H2,1-3H3,(H,25,27). The Kier molecular flexibility index (Phi) is 7.31. The van der Waals surface area contributed by atoms with E-state index in [1.54, 1.807) is 7.05 Å². The zero-order valence-electron chi connectivity index (χ0n) is 16.2. The van der Waals surface area contributed by atoms with Crippen LogP contribution in [0.4, 0.5) is 18.0 Å². The van der Waals surface area contributed by atoms with Gasteiger partial charge in [-0.15, -0.1) is 0 Å². The van der Waals surface area contributed by atoms with Crippen LogP contribution in [0.25, 0.3) is 0 Å². The van der Waals surface area contributed by atoms with Gasteiger partial charge in [0, 0.05) is 20.1 Å². The van der Waals surface area contributed by atoms with Crippen molar-refractivity contribution in [3.8, 4) is 5.75 Å². The summed E-state index contributed by atoms with van der Waals surface area (Å²) < 4.78 is 43.4. The van der Waals surface area contributed by atoms with E-state index >= 15 is 0 Å². The molecule has 0 saturated heterocycles. The summed E-state index contributed by atoms with van der Waals surface area (Å²) in [6.45, 7) is 5.35. The summed E-state index contributed by atoms with van der Waals surface area (Å²) in [6.07, 6.45) is -4.36. The molecule has 2 rings (SSSR count). The Bertz CT molecular complexity index is 757. The zero-order chi connectivity index (χ0) is 20.7. The number of halogens is 3. The van der Waals surface area contributed by atoms with E-state index in [1.165, 1.54) is 17.0 Å². The number of carbonyl (C=O) groups excluding carboxylic acids is 1. The van der Waals surface area contributed by atoms with E-state index in [2.05, 4.69) is 19.2 Å². The maximum Gasteiger partial charge on any atom is 0.416 e. The summed E-state index contributed by atoms with van der Waals surface area (Å²) >= 11 is 0. The Morgan fingerprint density at radius 2 is 1.61 bits per heavy atom. The molecule has 0 atom stereocenters. The van der Waals surface area contributed by atoms with Gasteiger partial charge in [-0.05, 0) is 41.3 Å². The predicted octanol–water partition coefficient (Wildman–Crippen LogP) is 5.08. The van der Waals surface area contributed by atoms with Crippen molar-refractivity contribution in [3.05, 3.63) is 65.2 Å². The van der Waals surface area contributed by atoms with Gasteiger partial charge in [-0.25, -0.2) is 4.79 Å². The summed E-state index contributed by atoms with van der Waals surface area (Å²) in [5, 5.41) is 2.79. The molecule has 2 aromatic carbocycles. The number of hydrogen-bond acceptors (Lipinski definition) is 2. The molecule has 0 aliphatic heterocycles. The predicted molar refractivity (Wildman–Crippen MR) is 102 cm³/mol. The van der Waals surface area contributed by atoms with Crippen molar-refractivity contribution in [2.24, 2.45) is 5.92 Å². The molecule has 28 heavy (non-hydrogen) atoms. The molecule has 0 heterocycles. The molecule has 0 saturated carbocycles. The summed E-state index contributed by atoms with van der Waals surface area (Å²) in [4.78, 5) is 13.6. The van der Waals surface area contributed by atoms with Crippen molar-refractivity contribution in [2.75, 3.05) is 13.7 Å². The molecule has 2 amide bonds. The lowest BCUT2D eigenvalue weighted by Crippen LogP contribution is -2.36. The zero-order valence-corrected chi connectivity index (χ0v) is 16.2. The SMILES string of the molecule is CC(C)COc1ccc(CNC(=O)N(C)Cc2ccc(C(F)(F)F)cc2)cc1. The molecular weight excluding hydrogens is 369 g/mol. The third-order valence-electron chi connectivity index (χ3n) is 4.00. The summed E-state index contributed by atoms with van der Waals surface area (Å²) in [5.74, 6) is 1.22. The Morgan fingerprint density at radius 3 is 2.14 bits per heavy atom. The van der Waals surface area contributed by atoms with E-state index in [1.807, 2.05) is 24.3 Å². The third kappa shape index (κ3) is 6.79. The number of urea groups is 1. The lowest BCUT2D eigenvalue weighted by molar-refractivity contribution is -0.137. The summed E-state index contributed by atoms with van der Waals surface area (Å²) in [5.41, 5.74) is 0.842. The van der Waals surface area contributed by atoms with Crippen LogP contribution in [-0.4, -0.2) is 24.6 Å². The Labute approximate surface area is 163 Å². The van der Waals surface area contributed by atoms with Crippen LogP contribution in [0.2, 0.25) is 0 Å². The van der Waals surface area contributed by atoms with E-state index in [0.717, 1.165) is 23.4 Å². The van der Waals surface area contributed by atoms with Gasteiger partial charge in [0.2, 0.25) is 0 Å². The fourth-order valence-corrected chi connectivity index (χ4v) is 2.42. The number of amides is 2. The first-order valence-corrected chi connectivity index (χ1v) is 9.02. The van der Waals surface area contributed by atoms with Crippen LogP contribution in [0.1, 0.15) is 30.5 Å². The lowest BCUT2D eigenvalue weighted by atomic mass is 10.1. The summed E-state index contributed by atoms with van der Waals surface area (Å²) in [6, 6.07) is 12.0. The molecule has 1 N–H and O–H groups in total. The van der Waals surface area contributed by atoms with E-state index in [0.29, 0.717) is 24.6 Å². The molecule has 4 nitrogen and oxygen atoms in total. The molecule has 152 valence electrons. The number of benzene rings is 2. The molecule has 0 unspecified atom stereocenters. The Balaban J connectivity index is 1.82. The van der Waals surface area contributed by atoms with Crippen LogP contribution in [-0.2, 0) is 19.3 Å². The van der Waals surface area contributed by atoms with Gasteiger partial charge < -0.3 is 15.0 Å². The van der Waals surface area contributed by atoms with Crippen molar-refractivity contribution >= 4 is 6.03 Å². The van der Waals surface area contributed by atoms with Gasteiger partial charge in [0.1, 0.15) is 5.75 Å². The topological polar surface area (TPSA) is 41.6 Å². The van der Waals surface area contributed by atoms with E-state index < -0.39 is 11.7 Å². The molecule has 0 aliphatic carbocycles. The highest BCUT2D eigenvalue weighted by Crippen LogP contribution is 2.29. The minimum atomic E-state index is -4.36. The number of carbonyl (C=O) groups is 1. The minimum Gasteiger partial charge on any atom is -0.493 e. The van der Waals surface area contributed by atoms with Crippen LogP contribution in [0.15, 0.2) is 48.5 Å². The van der Waals surface area contributed by atoms with Gasteiger partial charge in [0.05, 0.1) is 12.2 Å². The van der Waals surface area contributed by atoms with E-state index in [9.17, 15) is 18.0 Å². The monoisotopic (exact) mass is 394 g/mol. The van der Waals surface area contributed by atoms with Crippen LogP contribution >= 0.6 is 0 Å². The number of nitrogens with zero attached hydrogens (tertiary/aromatic N) is 1. The van der Waals surface area contributed by atoms with Crippen LogP contribution < -0.4 is 10.1 Å². The fraction of sp³-hybridized carbons (Fsp3) is 0.381. The molecule has 0 bridgehead atoms. The maximum atomic E-state index is 12.6. The van der Waals surface area contributed by atoms with Gasteiger partial charge >= 0.3 is 12.2 Å². The van der Waals surface area contributed by atoms with Gasteiger partial charge in [-0.2, -0.15) is 13.2 Å². The highest BCUT2D eigenvalue weighted by Gasteiger charge is 2.29. The van der Waals surface area contributed by atoms with Gasteiger partial charge in [-0.1, -0.05) is 38.1 Å². The molecular formula is C21H25F3N2O2. The first kappa shape index (κ1) is 21.6. The quantitative estimate of drug-likeness (QED) is 0.711. The van der Waals surface area contributed by atoms with Crippen LogP contribution in [0.3, 0.4) is 0 Å². The molecule has 7 heteroatoms. The number of ether oxygens (including phenoxy) is 1. The number of rotatable bonds is 7. The summed E-state index contributed by atoms with van der Waals surface area (Å²) in [7, 11) is 1.59. The molecule has 0 aromatic heterocycles. The first-order chi connectivity index (χ1) is 13.1. The van der Waals surface area contributed by atoms with Gasteiger partial charge in [0.25, 0.3) is 0 Å². The average molecular weight is 394 g/mol. The second-order valence-electron chi connectivity index (χ2n) is 7.06. The number of hydrogen-bond donors (Lipinski definition) is 1. The Hall–Kier alpha value is -2.70. The first-order valence-electron chi connectivity index (χ1n) is 9.02. The smallest absolute Gasteiger partial charge is 0.416 e. The lowest BCUT2D eigenvalue weighted by Gasteiger charge is -2.18. The average Bonchev–Trinajstić information content (AvgIpc) is 2.65. The van der Waals surface area contributed by atoms with Crippen LogP contribution in [0.5, 0.6) is 5.75 Å². The molecule has 0 fully saturated rings. The maximum absolute atomic E-state index is 12.6. The van der Waals surface area contributed by atoms with Crippen LogP contribution in [0, 0.1) is 5.92 Å². The van der Waals surface area contributed by atoms with Crippen molar-refractivity contribution in [1.29, 1.82) is 0 Å². The largest absolute Gasteiger partial charge is 0.493 e. The van der Waals surface area contributed by atoms with Crippen molar-refractivity contribution in [2.45, 2.75) is 33.1 Å². The molecule has 0 aliphatic rings. The number of alkyl halides is 3. The van der Waals surface area contributed by atoms with Gasteiger partial charge in [0.15, 0.2) is 0 Å². The van der Waals surface area contributed by atoms with E-state index in [4.69, 9.17) is 4.74 Å². The van der Waals surface area contributed by atoms with Crippen molar-refractivity contribution in [3.63, 3.8) is 0 Å². The molecule has 0 spiro atoms. The Morgan fingerprint density at radius 1 is 1.04 bits per heavy atom. The number of nitrogens with one attached hydrogen (secondary N) is 1. The van der Waals surface area contributed by atoms with Crippen molar-refractivity contribution < 1.29 is 22.7 Å². The normalized spacial score (nSPS) is 11.4. The highest BCUT2D eigenvalue weighted by atomic mass is 19.4. The molecule has 0 radical (unpaired) electrons.